The number of carbonyl (C=O) groups is 1. The van der Waals surface area contributed by atoms with Crippen molar-refractivity contribution in [1.82, 2.24) is 0 Å². The molecule has 0 radical (unpaired) electrons. The molecule has 0 spiro atoms. The summed E-state index contributed by atoms with van der Waals surface area (Å²) in [5.41, 5.74) is 0.525. The highest BCUT2D eigenvalue weighted by atomic mass is 16.1. The van der Waals surface area contributed by atoms with E-state index in [0.29, 0.717) is 5.71 Å². The van der Waals surface area contributed by atoms with Crippen LogP contribution < -0.4 is 0 Å². The molecule has 0 saturated carbocycles. The van der Waals surface area contributed by atoms with Gasteiger partial charge < -0.3 is 0 Å². The Hall–Kier alpha value is -1.18. The van der Waals surface area contributed by atoms with E-state index in [1.165, 1.54) is 6.08 Å². The molecule has 2 nitrogen and oxygen atoms in total. The van der Waals surface area contributed by atoms with E-state index in [2.05, 4.69) is 4.99 Å². The van der Waals surface area contributed by atoms with Crippen LogP contribution in [0.2, 0.25) is 0 Å². The first-order chi connectivity index (χ1) is 4.34. The van der Waals surface area contributed by atoms with Crippen molar-refractivity contribution in [2.45, 2.75) is 0 Å². The number of nitrogens with zero attached hydrogens (tertiary/aromatic N) is 1. The summed E-state index contributed by atoms with van der Waals surface area (Å²) in [6.07, 6.45) is 6.70. The largest absolute Gasteiger partial charge is 0.288 e. The van der Waals surface area contributed by atoms with E-state index in [4.69, 9.17) is 0 Å². The first-order valence-corrected chi connectivity index (χ1v) is 2.70. The topological polar surface area (TPSA) is 29.4 Å². The van der Waals surface area contributed by atoms with Crippen LogP contribution in [0.5, 0.6) is 0 Å². The lowest BCUT2D eigenvalue weighted by Gasteiger charge is -1.95. The zero-order valence-corrected chi connectivity index (χ0v) is 5.16. The van der Waals surface area contributed by atoms with Crippen LogP contribution >= 0.6 is 0 Å². The minimum Gasteiger partial charge on any atom is -0.288 e. The molecule has 0 heterocycles. The maximum absolute atomic E-state index is 10.8. The second kappa shape index (κ2) is 2.40. The van der Waals surface area contributed by atoms with Crippen LogP contribution in [0, 0.1) is 0 Å². The number of allylic oxidation sites excluding steroid dienone is 4. The van der Waals surface area contributed by atoms with Gasteiger partial charge >= 0.3 is 0 Å². The lowest BCUT2D eigenvalue weighted by molar-refractivity contribution is -0.108. The molecule has 9 heavy (non-hydrogen) atoms. The maximum Gasteiger partial charge on any atom is 0.203 e. The molecule has 0 unspecified atom stereocenters. The molecule has 0 saturated heterocycles. The van der Waals surface area contributed by atoms with Crippen molar-refractivity contribution in [3.63, 3.8) is 0 Å². The summed E-state index contributed by atoms with van der Waals surface area (Å²) in [6.45, 7) is 0. The highest BCUT2D eigenvalue weighted by Crippen LogP contribution is 1.93. The van der Waals surface area contributed by atoms with E-state index in [1.54, 1.807) is 25.3 Å². The monoisotopic (exact) mass is 121 g/mol. The second-order valence-electron chi connectivity index (χ2n) is 1.69. The van der Waals surface area contributed by atoms with Gasteiger partial charge in [0.25, 0.3) is 0 Å². The first kappa shape index (κ1) is 5.95. The quantitative estimate of drug-likeness (QED) is 0.435. The van der Waals surface area contributed by atoms with Gasteiger partial charge in [-0.15, -0.1) is 0 Å². The first-order valence-electron chi connectivity index (χ1n) is 2.70. The van der Waals surface area contributed by atoms with Crippen molar-refractivity contribution in [2.24, 2.45) is 4.99 Å². The summed E-state index contributed by atoms with van der Waals surface area (Å²) in [7, 11) is 1.61. The Bertz CT molecular complexity index is 211. The highest BCUT2D eigenvalue weighted by Gasteiger charge is 2.03. The Morgan fingerprint density at radius 3 is 2.44 bits per heavy atom. The fourth-order valence-electron chi connectivity index (χ4n) is 0.642. The van der Waals surface area contributed by atoms with E-state index in [0.717, 1.165) is 0 Å². The Labute approximate surface area is 53.6 Å². The van der Waals surface area contributed by atoms with Crippen molar-refractivity contribution in [3.05, 3.63) is 24.3 Å². The molecule has 2 heteroatoms. The molecule has 0 aliphatic heterocycles. The van der Waals surface area contributed by atoms with Gasteiger partial charge in [-0.25, -0.2) is 0 Å². The number of ketones is 1. The summed E-state index contributed by atoms with van der Waals surface area (Å²) in [5, 5.41) is 0. The third-order valence-corrected chi connectivity index (χ3v) is 1.11. The van der Waals surface area contributed by atoms with Crippen LogP contribution in [-0.2, 0) is 4.79 Å². The molecule has 0 aromatic carbocycles. The molecule has 0 atom stereocenters. The van der Waals surface area contributed by atoms with E-state index in [-0.39, 0.29) is 5.78 Å². The van der Waals surface area contributed by atoms with Crippen LogP contribution in [0.25, 0.3) is 0 Å². The zero-order valence-electron chi connectivity index (χ0n) is 5.16. The van der Waals surface area contributed by atoms with Crippen molar-refractivity contribution < 1.29 is 4.79 Å². The van der Waals surface area contributed by atoms with E-state index in [9.17, 15) is 4.79 Å². The number of hydrogen-bond donors (Lipinski definition) is 0. The predicted octanol–water partition coefficient (Wildman–Crippen LogP) is 0.752. The molecule has 0 aromatic heterocycles. The van der Waals surface area contributed by atoms with E-state index in [1.807, 2.05) is 0 Å². The molecule has 0 aromatic rings. The number of aliphatic imine (C=N–C) groups is 1. The zero-order chi connectivity index (χ0) is 6.69. The molecule has 1 aliphatic carbocycles. The van der Waals surface area contributed by atoms with Crippen LogP contribution in [0.4, 0.5) is 0 Å². The Balaban J connectivity index is 2.91. The number of hydrogen-bond acceptors (Lipinski definition) is 2. The molecule has 0 N–H and O–H groups in total. The average molecular weight is 121 g/mol. The lowest BCUT2D eigenvalue weighted by atomic mass is 10.1. The Kier molecular flexibility index (Phi) is 1.58. The minimum absolute atomic E-state index is 0.0139. The third-order valence-electron chi connectivity index (χ3n) is 1.11. The summed E-state index contributed by atoms with van der Waals surface area (Å²) in [4.78, 5) is 14.5. The van der Waals surface area contributed by atoms with Gasteiger partial charge in [0.05, 0.1) is 0 Å². The number of rotatable bonds is 0. The van der Waals surface area contributed by atoms with E-state index < -0.39 is 0 Å². The van der Waals surface area contributed by atoms with Crippen LogP contribution in [0.1, 0.15) is 0 Å². The van der Waals surface area contributed by atoms with Gasteiger partial charge in [0, 0.05) is 7.05 Å². The van der Waals surface area contributed by atoms with Crippen molar-refractivity contribution in [3.8, 4) is 0 Å². The van der Waals surface area contributed by atoms with Gasteiger partial charge in [-0.3, -0.25) is 9.79 Å². The smallest absolute Gasteiger partial charge is 0.203 e. The summed E-state index contributed by atoms with van der Waals surface area (Å²) < 4.78 is 0. The third kappa shape index (κ3) is 1.13. The molecule has 1 rings (SSSR count). The van der Waals surface area contributed by atoms with Gasteiger partial charge in [-0.1, -0.05) is 12.2 Å². The maximum atomic E-state index is 10.8. The summed E-state index contributed by atoms with van der Waals surface area (Å²) in [5.74, 6) is -0.0139. The molecule has 1 aliphatic rings. The SMILES string of the molecule is CN=C1C=CC=CC1=O. The highest BCUT2D eigenvalue weighted by molar-refractivity contribution is 6.48. The lowest BCUT2D eigenvalue weighted by Crippen LogP contribution is -2.09. The molecular weight excluding hydrogens is 114 g/mol. The fraction of sp³-hybridized carbons (Fsp3) is 0.143. The van der Waals surface area contributed by atoms with Gasteiger partial charge in [0.1, 0.15) is 5.71 Å². The average Bonchev–Trinajstić information content (AvgIpc) is 1.89. The van der Waals surface area contributed by atoms with Crippen LogP contribution in [-0.4, -0.2) is 18.5 Å². The molecule has 0 fully saturated rings. The summed E-state index contributed by atoms with van der Waals surface area (Å²) in [6, 6.07) is 0. The van der Waals surface area contributed by atoms with Crippen LogP contribution in [0.15, 0.2) is 29.3 Å². The van der Waals surface area contributed by atoms with Crippen molar-refractivity contribution in [2.75, 3.05) is 7.05 Å². The van der Waals surface area contributed by atoms with Gasteiger partial charge in [-0.05, 0) is 12.2 Å². The standard InChI is InChI=1S/C7H7NO/c1-8-6-4-2-3-5-7(6)9/h2-5H,1H3. The van der Waals surface area contributed by atoms with Crippen LogP contribution in [0.3, 0.4) is 0 Å². The second-order valence-corrected chi connectivity index (χ2v) is 1.69. The van der Waals surface area contributed by atoms with Crippen molar-refractivity contribution in [1.29, 1.82) is 0 Å². The minimum atomic E-state index is -0.0139. The van der Waals surface area contributed by atoms with Gasteiger partial charge in [0.2, 0.25) is 5.78 Å². The number of carbonyl (C=O) groups excluding carboxylic acids is 1. The predicted molar refractivity (Wildman–Crippen MR) is 36.6 cm³/mol. The summed E-state index contributed by atoms with van der Waals surface area (Å²) >= 11 is 0. The normalized spacial score (nSPS) is 21.4. The van der Waals surface area contributed by atoms with Gasteiger partial charge in [-0.2, -0.15) is 0 Å². The molecule has 46 valence electrons. The fourth-order valence-corrected chi connectivity index (χ4v) is 0.642. The van der Waals surface area contributed by atoms with Gasteiger partial charge in [0.15, 0.2) is 0 Å². The Morgan fingerprint density at radius 2 is 2.00 bits per heavy atom. The molecular formula is C7H7NO. The Morgan fingerprint density at radius 1 is 1.33 bits per heavy atom. The molecule has 0 amide bonds. The van der Waals surface area contributed by atoms with Crippen molar-refractivity contribution >= 4 is 11.5 Å². The molecule has 0 bridgehead atoms. The van der Waals surface area contributed by atoms with E-state index >= 15 is 0 Å².